The van der Waals surface area contributed by atoms with Crippen molar-refractivity contribution in [3.63, 3.8) is 0 Å². The topological polar surface area (TPSA) is 66.5 Å². The summed E-state index contributed by atoms with van der Waals surface area (Å²) in [7, 11) is -2.09. The highest BCUT2D eigenvalue weighted by Crippen LogP contribution is 2.19. The van der Waals surface area contributed by atoms with E-state index in [1.54, 1.807) is 26.0 Å². The molecule has 0 aromatic heterocycles. The summed E-state index contributed by atoms with van der Waals surface area (Å²) in [6.45, 7) is 7.51. The maximum Gasteiger partial charge on any atom is 0.251 e. The summed E-state index contributed by atoms with van der Waals surface area (Å²) >= 11 is 0. The van der Waals surface area contributed by atoms with E-state index in [0.29, 0.717) is 5.56 Å². The summed E-state index contributed by atoms with van der Waals surface area (Å²) in [5.41, 5.74) is 2.47. The number of nitrogens with zero attached hydrogens (tertiary/aromatic N) is 1. The van der Waals surface area contributed by atoms with E-state index in [1.807, 2.05) is 38.1 Å². The number of rotatable bonds is 6. The van der Waals surface area contributed by atoms with Crippen LogP contribution in [0.3, 0.4) is 0 Å². The number of benzene rings is 2. The Morgan fingerprint density at radius 2 is 1.65 bits per heavy atom. The lowest BCUT2D eigenvalue weighted by molar-refractivity contribution is 0.0939. The minimum Gasteiger partial charge on any atom is -0.346 e. The van der Waals surface area contributed by atoms with Gasteiger partial charge in [0.05, 0.1) is 10.9 Å². The minimum absolute atomic E-state index is 0.115. The van der Waals surface area contributed by atoms with Crippen LogP contribution in [-0.2, 0) is 10.0 Å². The largest absolute Gasteiger partial charge is 0.346 e. The molecule has 2 aromatic rings. The third-order valence-corrected chi connectivity index (χ3v) is 6.45. The third kappa shape index (κ3) is 4.51. The SMILES string of the molecule is Cc1ccc(C(C)NC(=O)c2cccc(S(=O)(=O)N(C)C(C)C)c2)cc1. The molecule has 2 aromatic carbocycles. The van der Waals surface area contributed by atoms with Crippen molar-refractivity contribution >= 4 is 15.9 Å². The lowest BCUT2D eigenvalue weighted by Crippen LogP contribution is -2.33. The Labute approximate surface area is 156 Å². The molecule has 0 bridgehead atoms. The summed E-state index contributed by atoms with van der Waals surface area (Å²) in [6, 6.07) is 13.7. The van der Waals surface area contributed by atoms with Gasteiger partial charge in [-0.3, -0.25) is 4.79 Å². The second-order valence-corrected chi connectivity index (χ2v) is 8.75. The zero-order valence-corrected chi connectivity index (χ0v) is 16.7. The van der Waals surface area contributed by atoms with Gasteiger partial charge in [-0.25, -0.2) is 8.42 Å². The normalized spacial score (nSPS) is 13.0. The average molecular weight is 375 g/mol. The van der Waals surface area contributed by atoms with Crippen LogP contribution in [0.5, 0.6) is 0 Å². The van der Waals surface area contributed by atoms with Crippen LogP contribution in [-0.4, -0.2) is 31.7 Å². The van der Waals surface area contributed by atoms with Crippen LogP contribution < -0.4 is 5.32 Å². The van der Waals surface area contributed by atoms with E-state index in [0.717, 1.165) is 11.1 Å². The number of nitrogens with one attached hydrogen (secondary N) is 1. The molecule has 6 heteroatoms. The monoisotopic (exact) mass is 374 g/mol. The molecule has 1 N–H and O–H groups in total. The molecule has 1 atom stereocenters. The van der Waals surface area contributed by atoms with Gasteiger partial charge in [-0.05, 0) is 51.5 Å². The van der Waals surface area contributed by atoms with E-state index in [9.17, 15) is 13.2 Å². The molecule has 0 radical (unpaired) electrons. The van der Waals surface area contributed by atoms with E-state index < -0.39 is 10.0 Å². The van der Waals surface area contributed by atoms with Crippen LogP contribution in [0.1, 0.15) is 48.3 Å². The lowest BCUT2D eigenvalue weighted by Gasteiger charge is -2.21. The van der Waals surface area contributed by atoms with E-state index in [4.69, 9.17) is 0 Å². The highest BCUT2D eigenvalue weighted by atomic mass is 32.2. The van der Waals surface area contributed by atoms with Crippen molar-refractivity contribution in [1.29, 1.82) is 0 Å². The lowest BCUT2D eigenvalue weighted by atomic mass is 10.1. The second kappa shape index (κ2) is 8.01. The number of carbonyl (C=O) groups excluding carboxylic acids is 1. The molecule has 0 aliphatic heterocycles. The fraction of sp³-hybridized carbons (Fsp3) is 0.350. The molecule has 1 unspecified atom stereocenters. The summed E-state index contributed by atoms with van der Waals surface area (Å²) in [5, 5.41) is 2.92. The Morgan fingerprint density at radius 1 is 1.04 bits per heavy atom. The predicted molar refractivity (Wildman–Crippen MR) is 104 cm³/mol. The van der Waals surface area contributed by atoms with Gasteiger partial charge < -0.3 is 5.32 Å². The van der Waals surface area contributed by atoms with Crippen molar-refractivity contribution in [2.24, 2.45) is 0 Å². The van der Waals surface area contributed by atoms with E-state index in [1.165, 1.54) is 23.5 Å². The van der Waals surface area contributed by atoms with Crippen molar-refractivity contribution in [2.45, 2.75) is 44.7 Å². The quantitative estimate of drug-likeness (QED) is 0.841. The molecule has 0 saturated heterocycles. The number of carbonyl (C=O) groups is 1. The van der Waals surface area contributed by atoms with Crippen LogP contribution in [0.15, 0.2) is 53.4 Å². The van der Waals surface area contributed by atoms with Crippen molar-refractivity contribution in [3.05, 3.63) is 65.2 Å². The number of hydrogen-bond acceptors (Lipinski definition) is 3. The van der Waals surface area contributed by atoms with Crippen molar-refractivity contribution in [2.75, 3.05) is 7.05 Å². The molecule has 1 amide bonds. The van der Waals surface area contributed by atoms with E-state index >= 15 is 0 Å². The Morgan fingerprint density at radius 3 is 2.23 bits per heavy atom. The summed E-state index contributed by atoms with van der Waals surface area (Å²) < 4.78 is 26.5. The summed E-state index contributed by atoms with van der Waals surface area (Å²) in [6.07, 6.45) is 0. The van der Waals surface area contributed by atoms with Crippen LogP contribution >= 0.6 is 0 Å². The molecule has 0 aliphatic carbocycles. The molecule has 5 nitrogen and oxygen atoms in total. The first kappa shape index (κ1) is 20.1. The summed E-state index contributed by atoms with van der Waals surface area (Å²) in [5.74, 6) is -0.303. The molecule has 0 saturated carbocycles. The zero-order valence-electron chi connectivity index (χ0n) is 15.9. The first-order valence-corrected chi connectivity index (χ1v) is 10.0. The van der Waals surface area contributed by atoms with Crippen LogP contribution in [0.4, 0.5) is 0 Å². The zero-order chi connectivity index (χ0) is 19.5. The standard InChI is InChI=1S/C20H26N2O3S/c1-14(2)22(5)26(24,25)19-8-6-7-18(13-19)20(23)21-16(4)17-11-9-15(3)10-12-17/h6-14,16H,1-5H3,(H,21,23). The average Bonchev–Trinajstić information content (AvgIpc) is 2.61. The molecular weight excluding hydrogens is 348 g/mol. The van der Waals surface area contributed by atoms with Gasteiger partial charge in [0.15, 0.2) is 0 Å². The van der Waals surface area contributed by atoms with Gasteiger partial charge in [-0.1, -0.05) is 35.9 Å². The van der Waals surface area contributed by atoms with Gasteiger partial charge in [-0.15, -0.1) is 0 Å². The maximum absolute atomic E-state index is 12.6. The fourth-order valence-corrected chi connectivity index (χ4v) is 3.87. The van der Waals surface area contributed by atoms with Crippen LogP contribution in [0.25, 0.3) is 0 Å². The van der Waals surface area contributed by atoms with Gasteiger partial charge in [-0.2, -0.15) is 4.31 Å². The molecule has 0 fully saturated rings. The molecule has 0 spiro atoms. The smallest absolute Gasteiger partial charge is 0.251 e. The van der Waals surface area contributed by atoms with E-state index in [-0.39, 0.29) is 22.9 Å². The Bertz CT molecular complexity index is 874. The van der Waals surface area contributed by atoms with Crippen LogP contribution in [0, 0.1) is 6.92 Å². The van der Waals surface area contributed by atoms with Gasteiger partial charge in [0.1, 0.15) is 0 Å². The van der Waals surface area contributed by atoms with Crippen molar-refractivity contribution < 1.29 is 13.2 Å². The molecule has 0 heterocycles. The number of sulfonamides is 1. The third-order valence-electron chi connectivity index (χ3n) is 4.43. The highest BCUT2D eigenvalue weighted by Gasteiger charge is 2.24. The first-order chi connectivity index (χ1) is 12.1. The molecule has 26 heavy (non-hydrogen) atoms. The minimum atomic E-state index is -3.63. The second-order valence-electron chi connectivity index (χ2n) is 6.75. The number of hydrogen-bond donors (Lipinski definition) is 1. The summed E-state index contributed by atoms with van der Waals surface area (Å²) in [4.78, 5) is 12.7. The van der Waals surface area contributed by atoms with E-state index in [2.05, 4.69) is 5.32 Å². The Hall–Kier alpha value is -2.18. The van der Waals surface area contributed by atoms with Gasteiger partial charge in [0, 0.05) is 18.7 Å². The number of aryl methyl sites for hydroxylation is 1. The maximum atomic E-state index is 12.6. The molecule has 0 aliphatic rings. The van der Waals surface area contributed by atoms with Gasteiger partial charge in [0.2, 0.25) is 10.0 Å². The Balaban J connectivity index is 2.21. The molecule has 2 rings (SSSR count). The predicted octanol–water partition coefficient (Wildman–Crippen LogP) is 3.51. The molecule has 140 valence electrons. The van der Waals surface area contributed by atoms with Crippen LogP contribution in [0.2, 0.25) is 0 Å². The van der Waals surface area contributed by atoms with Crippen molar-refractivity contribution in [3.8, 4) is 0 Å². The van der Waals surface area contributed by atoms with Crippen molar-refractivity contribution in [1.82, 2.24) is 9.62 Å². The van der Waals surface area contributed by atoms with Gasteiger partial charge in [0.25, 0.3) is 5.91 Å². The highest BCUT2D eigenvalue weighted by molar-refractivity contribution is 7.89. The fourth-order valence-electron chi connectivity index (χ4n) is 2.46. The van der Waals surface area contributed by atoms with Gasteiger partial charge >= 0.3 is 0 Å². The first-order valence-electron chi connectivity index (χ1n) is 8.58. The molecular formula is C20H26N2O3S. The number of amides is 1. The Kier molecular flexibility index (Phi) is 6.21.